The van der Waals surface area contributed by atoms with Crippen molar-refractivity contribution in [3.8, 4) is 0 Å². The number of carbonyl (C=O) groups is 1. The second-order valence-corrected chi connectivity index (χ2v) is 7.12. The number of nitrogens with zero attached hydrogens (tertiary/aromatic N) is 1. The highest BCUT2D eigenvalue weighted by atomic mass is 127. The van der Waals surface area contributed by atoms with E-state index < -0.39 is 5.60 Å². The molecule has 0 amide bonds. The van der Waals surface area contributed by atoms with E-state index in [0.29, 0.717) is 12.5 Å². The molecule has 0 radical (unpaired) electrons. The molecule has 0 fully saturated rings. The predicted octanol–water partition coefficient (Wildman–Crippen LogP) is 3.09. The number of benzene rings is 1. The molecule has 1 aromatic carbocycles. The summed E-state index contributed by atoms with van der Waals surface area (Å²) in [5, 5.41) is 6.24. The van der Waals surface area contributed by atoms with E-state index in [4.69, 9.17) is 4.74 Å². The summed E-state index contributed by atoms with van der Waals surface area (Å²) in [6.45, 7) is 10.7. The molecule has 5 nitrogen and oxygen atoms in total. The van der Waals surface area contributed by atoms with Crippen LogP contribution in [0.2, 0.25) is 0 Å². The molecule has 1 aromatic rings. The lowest BCUT2D eigenvalue weighted by Crippen LogP contribution is -2.45. The molecule has 1 rings (SSSR count). The summed E-state index contributed by atoms with van der Waals surface area (Å²) in [6.07, 6.45) is 0. The van der Waals surface area contributed by atoms with Crippen LogP contribution >= 0.6 is 24.0 Å². The van der Waals surface area contributed by atoms with Gasteiger partial charge in [-0.25, -0.2) is 0 Å². The third kappa shape index (κ3) is 8.52. The number of halogens is 1. The average molecular weight is 447 g/mol. The van der Waals surface area contributed by atoms with Gasteiger partial charge in [0.15, 0.2) is 5.96 Å². The average Bonchev–Trinajstić information content (AvgIpc) is 2.46. The first-order valence-corrected chi connectivity index (χ1v) is 7.86. The van der Waals surface area contributed by atoms with Gasteiger partial charge < -0.3 is 15.4 Å². The monoisotopic (exact) mass is 447 g/mol. The lowest BCUT2D eigenvalue weighted by Gasteiger charge is -2.27. The van der Waals surface area contributed by atoms with Gasteiger partial charge in [-0.2, -0.15) is 0 Å². The van der Waals surface area contributed by atoms with Gasteiger partial charge in [-0.05, 0) is 26.3 Å². The van der Waals surface area contributed by atoms with Gasteiger partial charge in [0, 0.05) is 19.0 Å². The van der Waals surface area contributed by atoms with Gasteiger partial charge in [0.1, 0.15) is 12.1 Å². The Balaban J connectivity index is 0.00000529. The van der Waals surface area contributed by atoms with Crippen molar-refractivity contribution in [3.63, 3.8) is 0 Å². The van der Waals surface area contributed by atoms with Crippen molar-refractivity contribution in [1.82, 2.24) is 10.6 Å². The van der Waals surface area contributed by atoms with E-state index in [1.807, 2.05) is 39.0 Å². The highest BCUT2D eigenvalue weighted by Gasteiger charge is 2.21. The number of hydrogen-bond donors (Lipinski definition) is 2. The maximum absolute atomic E-state index is 11.7. The molecule has 0 saturated heterocycles. The Kier molecular flexibility index (Phi) is 9.32. The maximum Gasteiger partial charge on any atom is 0.325 e. The Morgan fingerprint density at radius 1 is 1.08 bits per heavy atom. The van der Waals surface area contributed by atoms with Gasteiger partial charge in [-0.15, -0.1) is 24.0 Å². The van der Waals surface area contributed by atoms with E-state index in [1.165, 1.54) is 5.56 Å². The van der Waals surface area contributed by atoms with Crippen molar-refractivity contribution in [1.29, 1.82) is 0 Å². The van der Waals surface area contributed by atoms with E-state index in [-0.39, 0.29) is 41.9 Å². The van der Waals surface area contributed by atoms with Crippen molar-refractivity contribution in [2.24, 2.45) is 4.99 Å². The summed E-state index contributed by atoms with van der Waals surface area (Å²) >= 11 is 0. The summed E-state index contributed by atoms with van der Waals surface area (Å²) in [5.41, 5.74) is 0.714. The Bertz CT molecular complexity index is 537. The fourth-order valence-corrected chi connectivity index (χ4v) is 2.05. The summed E-state index contributed by atoms with van der Waals surface area (Å²) in [4.78, 5) is 15.9. The maximum atomic E-state index is 11.7. The molecule has 24 heavy (non-hydrogen) atoms. The Morgan fingerprint density at radius 3 is 2.17 bits per heavy atom. The number of ether oxygens (including phenoxy) is 1. The molecule has 0 aromatic heterocycles. The highest BCUT2D eigenvalue weighted by molar-refractivity contribution is 14.0. The minimum atomic E-state index is -0.481. The van der Waals surface area contributed by atoms with E-state index >= 15 is 0 Å². The number of rotatable bonds is 5. The molecular formula is C18H30IN3O2. The van der Waals surface area contributed by atoms with Crippen molar-refractivity contribution in [2.75, 3.05) is 20.1 Å². The van der Waals surface area contributed by atoms with Gasteiger partial charge in [-0.1, -0.05) is 44.2 Å². The molecule has 0 unspecified atom stereocenters. The first kappa shape index (κ1) is 22.7. The minimum absolute atomic E-state index is 0. The zero-order valence-electron chi connectivity index (χ0n) is 15.5. The largest absolute Gasteiger partial charge is 0.459 e. The van der Waals surface area contributed by atoms with Crippen LogP contribution in [0.5, 0.6) is 0 Å². The standard InChI is InChI=1S/C18H29N3O2.HI/c1-17(2,3)23-15(22)12-20-16(19-6)21-13-18(4,5)14-10-8-7-9-11-14;/h7-11H,12-13H2,1-6H3,(H2,19,20,21);1H. The van der Waals surface area contributed by atoms with Crippen LogP contribution in [0, 0.1) is 0 Å². The molecule has 0 atom stereocenters. The van der Waals surface area contributed by atoms with E-state index in [1.54, 1.807) is 7.05 Å². The number of guanidine groups is 1. The zero-order valence-corrected chi connectivity index (χ0v) is 17.8. The van der Waals surface area contributed by atoms with Crippen LogP contribution in [0.4, 0.5) is 0 Å². The molecular weight excluding hydrogens is 417 g/mol. The molecule has 0 saturated carbocycles. The topological polar surface area (TPSA) is 62.7 Å². The van der Waals surface area contributed by atoms with Crippen LogP contribution in [0.3, 0.4) is 0 Å². The predicted molar refractivity (Wildman–Crippen MR) is 110 cm³/mol. The molecule has 0 heterocycles. The van der Waals surface area contributed by atoms with E-state index in [2.05, 4.69) is 41.6 Å². The van der Waals surface area contributed by atoms with Crippen molar-refractivity contribution < 1.29 is 9.53 Å². The number of carbonyl (C=O) groups excluding carboxylic acids is 1. The molecule has 0 aliphatic rings. The normalized spacial score (nSPS) is 12.2. The van der Waals surface area contributed by atoms with Gasteiger partial charge in [-0.3, -0.25) is 9.79 Å². The molecule has 0 spiro atoms. The molecule has 0 bridgehead atoms. The van der Waals surface area contributed by atoms with Gasteiger partial charge in [0.25, 0.3) is 0 Å². The first-order chi connectivity index (χ1) is 10.6. The van der Waals surface area contributed by atoms with Gasteiger partial charge in [0.2, 0.25) is 0 Å². The highest BCUT2D eigenvalue weighted by Crippen LogP contribution is 2.21. The third-order valence-corrected chi connectivity index (χ3v) is 3.30. The lowest BCUT2D eigenvalue weighted by atomic mass is 9.85. The zero-order chi connectivity index (χ0) is 17.5. The van der Waals surface area contributed by atoms with Crippen LogP contribution in [0.25, 0.3) is 0 Å². The Labute approximate surface area is 162 Å². The van der Waals surface area contributed by atoms with Crippen LogP contribution in [0.15, 0.2) is 35.3 Å². The van der Waals surface area contributed by atoms with Gasteiger partial charge >= 0.3 is 5.97 Å². The fraction of sp³-hybridized carbons (Fsp3) is 0.556. The van der Waals surface area contributed by atoms with Crippen LogP contribution < -0.4 is 10.6 Å². The number of nitrogens with one attached hydrogen (secondary N) is 2. The third-order valence-electron chi connectivity index (χ3n) is 3.30. The minimum Gasteiger partial charge on any atom is -0.459 e. The summed E-state index contributed by atoms with van der Waals surface area (Å²) in [6, 6.07) is 10.3. The summed E-state index contributed by atoms with van der Waals surface area (Å²) in [5.74, 6) is 0.280. The van der Waals surface area contributed by atoms with E-state index in [0.717, 1.165) is 0 Å². The molecule has 136 valence electrons. The lowest BCUT2D eigenvalue weighted by molar-refractivity contribution is -0.153. The fourth-order valence-electron chi connectivity index (χ4n) is 2.05. The smallest absolute Gasteiger partial charge is 0.325 e. The van der Waals surface area contributed by atoms with Crippen molar-refractivity contribution in [2.45, 2.75) is 45.6 Å². The Morgan fingerprint density at radius 2 is 1.67 bits per heavy atom. The van der Waals surface area contributed by atoms with Crippen LogP contribution in [0.1, 0.15) is 40.2 Å². The summed E-state index contributed by atoms with van der Waals surface area (Å²) < 4.78 is 5.26. The second-order valence-electron chi connectivity index (χ2n) is 7.12. The molecule has 0 aliphatic carbocycles. The van der Waals surface area contributed by atoms with Crippen LogP contribution in [-0.4, -0.2) is 37.7 Å². The quantitative estimate of drug-likeness (QED) is 0.315. The summed E-state index contributed by atoms with van der Waals surface area (Å²) in [7, 11) is 1.68. The molecule has 2 N–H and O–H groups in total. The van der Waals surface area contributed by atoms with E-state index in [9.17, 15) is 4.79 Å². The van der Waals surface area contributed by atoms with Crippen molar-refractivity contribution in [3.05, 3.63) is 35.9 Å². The number of aliphatic imine (C=N–C) groups is 1. The number of esters is 1. The first-order valence-electron chi connectivity index (χ1n) is 7.86. The second kappa shape index (κ2) is 9.86. The number of hydrogen-bond acceptors (Lipinski definition) is 3. The molecule has 6 heteroatoms. The molecule has 0 aliphatic heterocycles. The van der Waals surface area contributed by atoms with Crippen LogP contribution in [-0.2, 0) is 14.9 Å². The van der Waals surface area contributed by atoms with Gasteiger partial charge in [0.05, 0.1) is 0 Å². The SMILES string of the molecule is CN=C(NCC(=O)OC(C)(C)C)NCC(C)(C)c1ccccc1.I. The Hall–Kier alpha value is -1.31. The van der Waals surface area contributed by atoms with Crippen molar-refractivity contribution >= 4 is 35.9 Å².